The molecule has 0 aromatic rings. The number of hydrogen-bond acceptors (Lipinski definition) is 2. The van der Waals surface area contributed by atoms with Gasteiger partial charge in [-0.05, 0) is 51.1 Å². The first kappa shape index (κ1) is 18.3. The zero-order valence-corrected chi connectivity index (χ0v) is 16.6. The summed E-state index contributed by atoms with van der Waals surface area (Å²) in [5.74, 6) is 1.14. The van der Waals surface area contributed by atoms with E-state index in [1.165, 1.54) is 71.0 Å². The lowest BCUT2D eigenvalue weighted by atomic mass is 9.73. The molecule has 3 fully saturated rings. The lowest BCUT2D eigenvalue weighted by molar-refractivity contribution is 0.203. The quantitative estimate of drug-likeness (QED) is 0.424. The van der Waals surface area contributed by atoms with Crippen molar-refractivity contribution in [1.29, 1.82) is 0 Å². The predicted molar refractivity (Wildman–Crippen MR) is 104 cm³/mol. The smallest absolute Gasteiger partial charge is 0.193 e. The van der Waals surface area contributed by atoms with Crippen molar-refractivity contribution in [3.63, 3.8) is 0 Å². The Hall–Kier alpha value is -0.0400. The van der Waals surface area contributed by atoms with Crippen molar-refractivity contribution in [1.82, 2.24) is 15.1 Å². The van der Waals surface area contributed by atoms with E-state index >= 15 is 0 Å². The number of aliphatic imine (C=N–C) groups is 1. The maximum Gasteiger partial charge on any atom is 0.193 e. The Labute approximate surface area is 153 Å². The zero-order chi connectivity index (χ0) is 14.7. The minimum atomic E-state index is 0. The van der Waals surface area contributed by atoms with Crippen LogP contribution in [0.1, 0.15) is 51.4 Å². The van der Waals surface area contributed by atoms with Crippen LogP contribution in [-0.2, 0) is 0 Å². The van der Waals surface area contributed by atoms with Crippen LogP contribution in [0.3, 0.4) is 0 Å². The molecule has 3 rings (SSSR count). The van der Waals surface area contributed by atoms with Gasteiger partial charge in [-0.2, -0.15) is 0 Å². The fourth-order valence-electron chi connectivity index (χ4n) is 4.60. The highest BCUT2D eigenvalue weighted by Gasteiger charge is 2.39. The van der Waals surface area contributed by atoms with Gasteiger partial charge >= 0.3 is 0 Å². The lowest BCUT2D eigenvalue weighted by Gasteiger charge is -2.34. The number of likely N-dealkylation sites (tertiary alicyclic amines) is 2. The first-order chi connectivity index (χ1) is 10.2. The number of hydrogen-bond donors (Lipinski definition) is 1. The molecule has 0 aromatic carbocycles. The molecule has 5 heteroatoms. The summed E-state index contributed by atoms with van der Waals surface area (Å²) in [6, 6.07) is 0.688. The normalized spacial score (nSPS) is 28.9. The number of halogens is 1. The summed E-state index contributed by atoms with van der Waals surface area (Å²) in [4.78, 5) is 9.54. The third-order valence-electron chi connectivity index (χ3n) is 6.03. The van der Waals surface area contributed by atoms with Gasteiger partial charge < -0.3 is 15.1 Å². The van der Waals surface area contributed by atoms with Crippen LogP contribution in [0.15, 0.2) is 4.99 Å². The number of nitrogens with zero attached hydrogens (tertiary/aromatic N) is 3. The van der Waals surface area contributed by atoms with Crippen molar-refractivity contribution in [2.75, 3.05) is 40.3 Å². The average molecular weight is 420 g/mol. The van der Waals surface area contributed by atoms with E-state index in [-0.39, 0.29) is 24.0 Å². The largest absolute Gasteiger partial charge is 0.355 e. The van der Waals surface area contributed by atoms with Crippen LogP contribution < -0.4 is 5.32 Å². The van der Waals surface area contributed by atoms with E-state index in [0.29, 0.717) is 11.5 Å². The van der Waals surface area contributed by atoms with Crippen LogP contribution in [0, 0.1) is 5.41 Å². The van der Waals surface area contributed by atoms with Crippen molar-refractivity contribution in [2.45, 2.75) is 57.4 Å². The zero-order valence-electron chi connectivity index (χ0n) is 14.3. The van der Waals surface area contributed by atoms with E-state index in [1.807, 2.05) is 7.05 Å². The van der Waals surface area contributed by atoms with Crippen LogP contribution in [0.5, 0.6) is 0 Å². The first-order valence-corrected chi connectivity index (χ1v) is 8.88. The van der Waals surface area contributed by atoms with Gasteiger partial charge in [0.15, 0.2) is 5.96 Å². The first-order valence-electron chi connectivity index (χ1n) is 8.88. The van der Waals surface area contributed by atoms with Gasteiger partial charge in [0.2, 0.25) is 0 Å². The maximum absolute atomic E-state index is 4.55. The van der Waals surface area contributed by atoms with Gasteiger partial charge in [0.25, 0.3) is 0 Å². The molecule has 1 unspecified atom stereocenters. The fourth-order valence-corrected chi connectivity index (χ4v) is 4.60. The molecule has 0 bridgehead atoms. The summed E-state index contributed by atoms with van der Waals surface area (Å²) in [7, 11) is 4.18. The highest BCUT2D eigenvalue weighted by molar-refractivity contribution is 14.0. The third-order valence-corrected chi connectivity index (χ3v) is 6.03. The second-order valence-corrected chi connectivity index (χ2v) is 7.44. The molecular formula is C17H33IN4. The van der Waals surface area contributed by atoms with Gasteiger partial charge in [0.1, 0.15) is 0 Å². The van der Waals surface area contributed by atoms with E-state index < -0.39 is 0 Å². The molecule has 128 valence electrons. The summed E-state index contributed by atoms with van der Waals surface area (Å²) in [6.07, 6.45) is 11.2. The van der Waals surface area contributed by atoms with Crippen LogP contribution in [0.2, 0.25) is 0 Å². The van der Waals surface area contributed by atoms with Gasteiger partial charge in [0, 0.05) is 32.7 Å². The second-order valence-electron chi connectivity index (χ2n) is 7.44. The molecule has 1 aliphatic carbocycles. The van der Waals surface area contributed by atoms with Crippen LogP contribution in [0.25, 0.3) is 0 Å². The number of rotatable bonds is 2. The van der Waals surface area contributed by atoms with Gasteiger partial charge in [-0.3, -0.25) is 4.99 Å². The molecule has 4 nitrogen and oxygen atoms in total. The Morgan fingerprint density at radius 1 is 1.14 bits per heavy atom. The standard InChI is InChI=1S/C17H32N4.HI/c1-18-16(19-13-15-7-6-11-20(15)2)21-12-10-17(14-21)8-4-3-5-9-17;/h15H,3-14H2,1-2H3,(H,18,19);1H. The second kappa shape index (κ2) is 8.18. The molecule has 1 saturated carbocycles. The van der Waals surface area contributed by atoms with E-state index in [9.17, 15) is 0 Å². The third kappa shape index (κ3) is 4.08. The summed E-state index contributed by atoms with van der Waals surface area (Å²) in [5, 5.41) is 3.64. The minimum Gasteiger partial charge on any atom is -0.355 e. The monoisotopic (exact) mass is 420 g/mol. The van der Waals surface area contributed by atoms with Gasteiger partial charge in [-0.25, -0.2) is 0 Å². The van der Waals surface area contributed by atoms with Crippen molar-refractivity contribution < 1.29 is 0 Å². The van der Waals surface area contributed by atoms with E-state index in [4.69, 9.17) is 0 Å². The van der Waals surface area contributed by atoms with Gasteiger partial charge in [0.05, 0.1) is 0 Å². The molecule has 0 radical (unpaired) electrons. The summed E-state index contributed by atoms with van der Waals surface area (Å²) >= 11 is 0. The average Bonchev–Trinajstić information content (AvgIpc) is 3.08. The Balaban J connectivity index is 0.00000176. The molecule has 2 aliphatic heterocycles. The Kier molecular flexibility index (Phi) is 6.80. The molecule has 22 heavy (non-hydrogen) atoms. The van der Waals surface area contributed by atoms with Crippen molar-refractivity contribution in [3.8, 4) is 0 Å². The molecule has 0 aromatic heterocycles. The Morgan fingerprint density at radius 3 is 2.55 bits per heavy atom. The molecule has 3 aliphatic rings. The van der Waals surface area contributed by atoms with E-state index in [0.717, 1.165) is 12.5 Å². The lowest BCUT2D eigenvalue weighted by Crippen LogP contribution is -2.46. The highest BCUT2D eigenvalue weighted by atomic mass is 127. The fraction of sp³-hybridized carbons (Fsp3) is 0.941. The molecule has 1 spiro atoms. The van der Waals surface area contributed by atoms with Crippen LogP contribution >= 0.6 is 24.0 Å². The summed E-state index contributed by atoms with van der Waals surface area (Å²) < 4.78 is 0. The van der Waals surface area contributed by atoms with Crippen LogP contribution in [-0.4, -0.2) is 62.1 Å². The number of likely N-dealkylation sites (N-methyl/N-ethyl adjacent to an activating group) is 1. The molecule has 2 saturated heterocycles. The van der Waals surface area contributed by atoms with Crippen molar-refractivity contribution >= 4 is 29.9 Å². The molecule has 2 heterocycles. The number of nitrogens with one attached hydrogen (secondary N) is 1. The van der Waals surface area contributed by atoms with E-state index in [2.05, 4.69) is 27.2 Å². The summed E-state index contributed by atoms with van der Waals surface area (Å²) in [5.41, 5.74) is 0.611. The molecular weight excluding hydrogens is 387 g/mol. The minimum absolute atomic E-state index is 0. The molecule has 1 N–H and O–H groups in total. The topological polar surface area (TPSA) is 30.9 Å². The SMILES string of the molecule is CN=C(NCC1CCCN1C)N1CCC2(CCCCC2)C1.I. The molecule has 0 amide bonds. The van der Waals surface area contributed by atoms with Gasteiger partial charge in [-0.15, -0.1) is 24.0 Å². The number of guanidine groups is 1. The van der Waals surface area contributed by atoms with Gasteiger partial charge in [-0.1, -0.05) is 19.3 Å². The Morgan fingerprint density at radius 2 is 1.91 bits per heavy atom. The highest BCUT2D eigenvalue weighted by Crippen LogP contribution is 2.43. The van der Waals surface area contributed by atoms with Crippen molar-refractivity contribution in [3.05, 3.63) is 0 Å². The van der Waals surface area contributed by atoms with Crippen molar-refractivity contribution in [2.24, 2.45) is 10.4 Å². The van der Waals surface area contributed by atoms with Crippen LogP contribution in [0.4, 0.5) is 0 Å². The summed E-state index contributed by atoms with van der Waals surface area (Å²) in [6.45, 7) is 4.72. The Bertz CT molecular complexity index is 379. The maximum atomic E-state index is 4.55. The van der Waals surface area contributed by atoms with E-state index in [1.54, 1.807) is 0 Å². The predicted octanol–water partition coefficient (Wildman–Crippen LogP) is 2.93. The molecule has 1 atom stereocenters.